The Bertz CT molecular complexity index is 849. The van der Waals surface area contributed by atoms with Gasteiger partial charge in [-0.25, -0.2) is 13.1 Å². The monoisotopic (exact) mass is 387 g/mol. The molecule has 144 valence electrons. The van der Waals surface area contributed by atoms with Gasteiger partial charge in [-0.15, -0.1) is 0 Å². The fourth-order valence-corrected chi connectivity index (χ4v) is 4.31. The third kappa shape index (κ3) is 5.63. The summed E-state index contributed by atoms with van der Waals surface area (Å²) in [7, 11) is -3.22. The number of rotatable bonds is 6. The van der Waals surface area contributed by atoms with Crippen LogP contribution in [0.25, 0.3) is 0 Å². The van der Waals surface area contributed by atoms with Gasteiger partial charge < -0.3 is 5.32 Å². The average Bonchev–Trinajstić information content (AvgIpc) is 2.64. The number of hydrogen-bond acceptors (Lipinski definition) is 4. The van der Waals surface area contributed by atoms with Crippen molar-refractivity contribution in [2.45, 2.75) is 24.9 Å². The van der Waals surface area contributed by atoms with E-state index in [9.17, 15) is 13.2 Å². The van der Waals surface area contributed by atoms with Gasteiger partial charge in [0.05, 0.1) is 6.26 Å². The first kappa shape index (κ1) is 19.5. The summed E-state index contributed by atoms with van der Waals surface area (Å²) in [6.45, 7) is 1.30. The topological polar surface area (TPSA) is 78.5 Å². The summed E-state index contributed by atoms with van der Waals surface area (Å²) in [6.07, 6.45) is 2.53. The number of carbonyl (C=O) groups is 1. The van der Waals surface area contributed by atoms with Crippen molar-refractivity contribution < 1.29 is 13.2 Å². The van der Waals surface area contributed by atoms with Crippen LogP contribution in [0, 0.1) is 0 Å². The lowest BCUT2D eigenvalue weighted by Crippen LogP contribution is -2.47. The minimum atomic E-state index is -3.22. The molecule has 1 aliphatic rings. The third-order valence-corrected chi connectivity index (χ3v) is 5.44. The molecular weight excluding hydrogens is 362 g/mol. The van der Waals surface area contributed by atoms with Crippen molar-refractivity contribution in [2.75, 3.05) is 24.7 Å². The number of likely N-dealkylation sites (tertiary alicyclic amines) is 1. The van der Waals surface area contributed by atoms with Crippen LogP contribution >= 0.6 is 0 Å². The SMILES string of the molecule is CS(=O)(=O)NC1CCN(C(C(=O)Nc2ccccc2)c2ccccc2)CC1. The van der Waals surface area contributed by atoms with E-state index in [1.807, 2.05) is 60.7 Å². The van der Waals surface area contributed by atoms with Gasteiger partial charge in [-0.1, -0.05) is 48.5 Å². The number of sulfonamides is 1. The summed E-state index contributed by atoms with van der Waals surface area (Å²) in [5.74, 6) is -0.0816. The maximum atomic E-state index is 13.1. The highest BCUT2D eigenvalue weighted by Gasteiger charge is 2.31. The smallest absolute Gasteiger partial charge is 0.246 e. The number of nitrogens with zero attached hydrogens (tertiary/aromatic N) is 1. The molecule has 1 amide bonds. The van der Waals surface area contributed by atoms with E-state index in [-0.39, 0.29) is 11.9 Å². The van der Waals surface area contributed by atoms with Crippen molar-refractivity contribution in [3.63, 3.8) is 0 Å². The molecule has 1 atom stereocenters. The van der Waals surface area contributed by atoms with E-state index in [4.69, 9.17) is 0 Å². The Kier molecular flexibility index (Phi) is 6.26. The molecule has 6 nitrogen and oxygen atoms in total. The summed E-state index contributed by atoms with van der Waals surface area (Å²) >= 11 is 0. The second-order valence-corrected chi connectivity index (χ2v) is 8.65. The third-order valence-electron chi connectivity index (χ3n) is 4.68. The number of carbonyl (C=O) groups excluding carboxylic acids is 1. The quantitative estimate of drug-likeness (QED) is 0.798. The highest BCUT2D eigenvalue weighted by molar-refractivity contribution is 7.88. The van der Waals surface area contributed by atoms with E-state index >= 15 is 0 Å². The number of benzene rings is 2. The molecule has 3 rings (SSSR count). The zero-order valence-corrected chi connectivity index (χ0v) is 16.2. The van der Waals surface area contributed by atoms with Crippen LogP contribution in [0.2, 0.25) is 0 Å². The van der Waals surface area contributed by atoms with Crippen LogP contribution in [0.15, 0.2) is 60.7 Å². The second-order valence-electron chi connectivity index (χ2n) is 6.87. The molecule has 1 saturated heterocycles. The minimum absolute atomic E-state index is 0.0788. The molecule has 0 bridgehead atoms. The predicted octanol–water partition coefficient (Wildman–Crippen LogP) is 2.38. The van der Waals surface area contributed by atoms with E-state index in [2.05, 4.69) is 14.9 Å². The Morgan fingerprint density at radius 2 is 1.56 bits per heavy atom. The molecule has 2 aromatic carbocycles. The molecule has 0 saturated carbocycles. The van der Waals surface area contributed by atoms with Crippen LogP contribution in [-0.2, 0) is 14.8 Å². The molecule has 2 aromatic rings. The Labute approximate surface area is 160 Å². The molecule has 0 aliphatic carbocycles. The largest absolute Gasteiger partial charge is 0.324 e. The normalized spacial score (nSPS) is 17.4. The van der Waals surface area contributed by atoms with Crippen LogP contribution in [0.1, 0.15) is 24.4 Å². The summed E-state index contributed by atoms with van der Waals surface area (Å²) in [6, 6.07) is 18.6. The lowest BCUT2D eigenvalue weighted by Gasteiger charge is -2.37. The van der Waals surface area contributed by atoms with E-state index in [1.165, 1.54) is 6.26 Å². The minimum Gasteiger partial charge on any atom is -0.324 e. The summed E-state index contributed by atoms with van der Waals surface area (Å²) in [5.41, 5.74) is 1.69. The van der Waals surface area contributed by atoms with Gasteiger partial charge in [-0.05, 0) is 30.5 Å². The van der Waals surface area contributed by atoms with Gasteiger partial charge in [0.25, 0.3) is 0 Å². The van der Waals surface area contributed by atoms with Crippen molar-refractivity contribution in [1.82, 2.24) is 9.62 Å². The van der Waals surface area contributed by atoms with Gasteiger partial charge in [-0.3, -0.25) is 9.69 Å². The molecule has 0 aromatic heterocycles. The van der Waals surface area contributed by atoms with Crippen molar-refractivity contribution in [3.8, 4) is 0 Å². The first-order valence-corrected chi connectivity index (χ1v) is 10.9. The fourth-order valence-electron chi connectivity index (χ4n) is 3.47. The van der Waals surface area contributed by atoms with Crippen LogP contribution in [0.3, 0.4) is 0 Å². The molecule has 27 heavy (non-hydrogen) atoms. The lowest BCUT2D eigenvalue weighted by atomic mass is 9.99. The van der Waals surface area contributed by atoms with Crippen LogP contribution in [-0.4, -0.2) is 44.6 Å². The van der Waals surface area contributed by atoms with Crippen molar-refractivity contribution in [1.29, 1.82) is 0 Å². The lowest BCUT2D eigenvalue weighted by molar-refractivity contribution is -0.122. The molecule has 0 radical (unpaired) electrons. The maximum Gasteiger partial charge on any atom is 0.246 e. The Balaban J connectivity index is 1.74. The van der Waals surface area contributed by atoms with Gasteiger partial charge in [0.1, 0.15) is 6.04 Å². The average molecular weight is 388 g/mol. The Morgan fingerprint density at radius 1 is 1.00 bits per heavy atom. The highest BCUT2D eigenvalue weighted by atomic mass is 32.2. The van der Waals surface area contributed by atoms with E-state index < -0.39 is 16.1 Å². The van der Waals surface area contributed by atoms with Crippen LogP contribution < -0.4 is 10.0 Å². The van der Waals surface area contributed by atoms with Gasteiger partial charge in [0, 0.05) is 24.8 Å². The molecular formula is C20H25N3O3S. The first-order chi connectivity index (χ1) is 12.9. The molecule has 1 aliphatic heterocycles. The van der Waals surface area contributed by atoms with Crippen molar-refractivity contribution in [3.05, 3.63) is 66.2 Å². The molecule has 1 heterocycles. The molecule has 1 fully saturated rings. The molecule has 0 spiro atoms. The van der Waals surface area contributed by atoms with Gasteiger partial charge in [0.2, 0.25) is 15.9 Å². The maximum absolute atomic E-state index is 13.1. The standard InChI is InChI=1S/C20H25N3O3S/c1-27(25,26)22-18-12-14-23(15-13-18)19(16-8-4-2-5-9-16)20(24)21-17-10-6-3-7-11-17/h2-11,18-19,22H,12-15H2,1H3,(H,21,24). The number of nitrogens with one attached hydrogen (secondary N) is 2. The Hall–Kier alpha value is -2.22. The van der Waals surface area contributed by atoms with Gasteiger partial charge >= 0.3 is 0 Å². The van der Waals surface area contributed by atoms with Crippen molar-refractivity contribution >= 4 is 21.6 Å². The second kappa shape index (κ2) is 8.65. The molecule has 7 heteroatoms. The number of para-hydroxylation sites is 1. The van der Waals surface area contributed by atoms with Crippen LogP contribution in [0.4, 0.5) is 5.69 Å². The number of hydrogen-bond donors (Lipinski definition) is 2. The van der Waals surface area contributed by atoms with E-state index in [1.54, 1.807) is 0 Å². The summed E-state index contributed by atoms with van der Waals surface area (Å²) in [5, 5.41) is 3.00. The molecule has 2 N–H and O–H groups in total. The highest BCUT2D eigenvalue weighted by Crippen LogP contribution is 2.26. The summed E-state index contributed by atoms with van der Waals surface area (Å²) in [4.78, 5) is 15.2. The first-order valence-electron chi connectivity index (χ1n) is 9.04. The fraction of sp³-hybridized carbons (Fsp3) is 0.350. The zero-order valence-electron chi connectivity index (χ0n) is 15.3. The number of piperidine rings is 1. The zero-order chi connectivity index (χ0) is 19.3. The van der Waals surface area contributed by atoms with Crippen LogP contribution in [0.5, 0.6) is 0 Å². The number of amides is 1. The van der Waals surface area contributed by atoms with Crippen molar-refractivity contribution in [2.24, 2.45) is 0 Å². The van der Waals surface area contributed by atoms with Gasteiger partial charge in [0.15, 0.2) is 0 Å². The molecule has 1 unspecified atom stereocenters. The van der Waals surface area contributed by atoms with E-state index in [0.717, 1.165) is 11.3 Å². The summed E-state index contributed by atoms with van der Waals surface area (Å²) < 4.78 is 25.6. The van der Waals surface area contributed by atoms with E-state index in [0.29, 0.717) is 25.9 Å². The Morgan fingerprint density at radius 3 is 2.11 bits per heavy atom. The van der Waals surface area contributed by atoms with Gasteiger partial charge in [-0.2, -0.15) is 0 Å². The number of anilines is 1. The predicted molar refractivity (Wildman–Crippen MR) is 107 cm³/mol.